The monoisotopic (exact) mass is 267 g/mol. The first-order valence-electron chi connectivity index (χ1n) is 6.74. The topological polar surface area (TPSA) is 101 Å². The van der Waals surface area contributed by atoms with Crippen LogP contribution in [0.15, 0.2) is 10.7 Å². The van der Waals surface area contributed by atoms with E-state index in [1.165, 1.54) is 12.7 Å². The lowest BCUT2D eigenvalue weighted by atomic mass is 9.86. The first-order valence-corrected chi connectivity index (χ1v) is 6.74. The lowest BCUT2D eigenvalue weighted by molar-refractivity contribution is 0.0905. The van der Waals surface area contributed by atoms with Gasteiger partial charge in [-0.15, -0.1) is 0 Å². The molecule has 0 spiro atoms. The van der Waals surface area contributed by atoms with Crippen LogP contribution in [0.2, 0.25) is 0 Å². The summed E-state index contributed by atoms with van der Waals surface area (Å²) >= 11 is 0. The fourth-order valence-corrected chi connectivity index (χ4v) is 2.41. The molecule has 0 saturated heterocycles. The lowest BCUT2D eigenvalue weighted by Crippen LogP contribution is -2.41. The van der Waals surface area contributed by atoms with E-state index in [4.69, 9.17) is 15.3 Å². The summed E-state index contributed by atoms with van der Waals surface area (Å²) in [4.78, 5) is 16.1. The summed E-state index contributed by atoms with van der Waals surface area (Å²) in [5.41, 5.74) is 5.80. The molecule has 1 aromatic rings. The first-order chi connectivity index (χ1) is 9.11. The van der Waals surface area contributed by atoms with Gasteiger partial charge < -0.3 is 20.6 Å². The number of carbonyl (C=O) groups is 1. The third kappa shape index (κ3) is 3.33. The Bertz CT molecular complexity index is 433. The first kappa shape index (κ1) is 14.0. The van der Waals surface area contributed by atoms with Crippen LogP contribution in [0.25, 0.3) is 0 Å². The summed E-state index contributed by atoms with van der Waals surface area (Å²) in [5.74, 6) is 0.437. The molecule has 0 radical (unpaired) electrons. The lowest BCUT2D eigenvalue weighted by Gasteiger charge is -2.29. The number of carbonyl (C=O) groups excluding carboxylic acids is 1. The molecule has 1 amide bonds. The fourth-order valence-electron chi connectivity index (χ4n) is 2.41. The van der Waals surface area contributed by atoms with E-state index in [0.717, 1.165) is 19.3 Å². The summed E-state index contributed by atoms with van der Waals surface area (Å²) < 4.78 is 5.10. The molecular weight excluding hydrogens is 246 g/mol. The number of aromatic nitrogens is 1. The van der Waals surface area contributed by atoms with Crippen molar-refractivity contribution >= 4 is 5.91 Å². The Hall–Kier alpha value is -1.40. The van der Waals surface area contributed by atoms with E-state index >= 15 is 0 Å². The van der Waals surface area contributed by atoms with Crippen LogP contribution < -0.4 is 11.1 Å². The number of nitrogens with two attached hydrogens (primary N) is 1. The van der Waals surface area contributed by atoms with Crippen molar-refractivity contribution in [1.29, 1.82) is 0 Å². The minimum Gasteiger partial charge on any atom is -0.446 e. The maximum atomic E-state index is 12.0. The molecule has 1 aromatic heterocycles. The molecule has 1 aliphatic rings. The van der Waals surface area contributed by atoms with Crippen molar-refractivity contribution in [1.82, 2.24) is 10.3 Å². The van der Waals surface area contributed by atoms with Crippen molar-refractivity contribution < 1.29 is 14.3 Å². The Labute approximate surface area is 112 Å². The average molecular weight is 267 g/mol. The van der Waals surface area contributed by atoms with Crippen LogP contribution in [0.5, 0.6) is 0 Å². The number of amides is 1. The van der Waals surface area contributed by atoms with Gasteiger partial charge in [0.15, 0.2) is 5.69 Å². The molecule has 106 valence electrons. The third-order valence-electron chi connectivity index (χ3n) is 3.70. The summed E-state index contributed by atoms with van der Waals surface area (Å²) in [7, 11) is 0. The zero-order chi connectivity index (χ0) is 13.8. The number of hydrogen-bond acceptors (Lipinski definition) is 5. The molecule has 1 saturated carbocycles. The molecule has 0 bridgehead atoms. The molecule has 0 aromatic carbocycles. The maximum Gasteiger partial charge on any atom is 0.273 e. The summed E-state index contributed by atoms with van der Waals surface area (Å²) in [5, 5.41) is 11.9. The third-order valence-corrected chi connectivity index (χ3v) is 3.70. The zero-order valence-corrected chi connectivity index (χ0v) is 11.1. The summed E-state index contributed by atoms with van der Waals surface area (Å²) in [6.07, 6.45) is 5.81. The van der Waals surface area contributed by atoms with Crippen molar-refractivity contribution in [2.45, 2.75) is 44.7 Å². The Morgan fingerprint density at radius 1 is 1.63 bits per heavy atom. The van der Waals surface area contributed by atoms with Crippen molar-refractivity contribution in [2.75, 3.05) is 6.61 Å². The second-order valence-corrected chi connectivity index (χ2v) is 5.20. The number of aliphatic hydroxyl groups is 1. The molecule has 19 heavy (non-hydrogen) atoms. The number of nitrogens with one attached hydrogen (secondary N) is 1. The normalized spacial score (nSPS) is 25.0. The number of rotatable bonds is 4. The molecular formula is C13H21N3O3. The fraction of sp³-hybridized carbons (Fsp3) is 0.692. The van der Waals surface area contributed by atoms with E-state index in [9.17, 15) is 4.79 Å². The largest absolute Gasteiger partial charge is 0.446 e. The van der Waals surface area contributed by atoms with Gasteiger partial charge in [-0.25, -0.2) is 4.98 Å². The molecule has 1 aliphatic carbocycles. The zero-order valence-electron chi connectivity index (χ0n) is 11.1. The minimum atomic E-state index is -0.685. The van der Waals surface area contributed by atoms with Crippen molar-refractivity contribution in [3.8, 4) is 0 Å². The standard InChI is InChI=1S/C13H21N3O3/c1-8-4-2-3-5-10(8)15-12(18)11-7-19-13(16-11)9(14)6-17/h7-10,17H,2-6,14H2,1H3,(H,15,18). The van der Waals surface area contributed by atoms with Crippen LogP contribution in [-0.4, -0.2) is 28.6 Å². The highest BCUT2D eigenvalue weighted by Gasteiger charge is 2.24. The molecule has 0 aliphatic heterocycles. The van der Waals surface area contributed by atoms with E-state index in [1.54, 1.807) is 0 Å². The van der Waals surface area contributed by atoms with Gasteiger partial charge in [-0.2, -0.15) is 0 Å². The maximum absolute atomic E-state index is 12.0. The van der Waals surface area contributed by atoms with Crippen molar-refractivity contribution in [2.24, 2.45) is 11.7 Å². The van der Waals surface area contributed by atoms with Crippen LogP contribution in [0.3, 0.4) is 0 Å². The second-order valence-electron chi connectivity index (χ2n) is 5.20. The van der Waals surface area contributed by atoms with Gasteiger partial charge in [-0.1, -0.05) is 19.8 Å². The van der Waals surface area contributed by atoms with Gasteiger partial charge in [-0.3, -0.25) is 4.79 Å². The van der Waals surface area contributed by atoms with Crippen molar-refractivity contribution in [3.63, 3.8) is 0 Å². The van der Waals surface area contributed by atoms with Gasteiger partial charge in [0.2, 0.25) is 5.89 Å². The van der Waals surface area contributed by atoms with Gasteiger partial charge in [0.25, 0.3) is 5.91 Å². The molecule has 1 fully saturated rings. The quantitative estimate of drug-likeness (QED) is 0.754. The molecule has 4 N–H and O–H groups in total. The van der Waals surface area contributed by atoms with Crippen LogP contribution in [-0.2, 0) is 0 Å². The van der Waals surface area contributed by atoms with E-state index in [-0.39, 0.29) is 30.1 Å². The Morgan fingerprint density at radius 2 is 2.37 bits per heavy atom. The average Bonchev–Trinajstić information content (AvgIpc) is 2.90. The van der Waals surface area contributed by atoms with Gasteiger partial charge in [0.05, 0.1) is 6.61 Å². The highest BCUT2D eigenvalue weighted by Crippen LogP contribution is 2.24. The predicted molar refractivity (Wildman–Crippen MR) is 69.4 cm³/mol. The Balaban J connectivity index is 1.97. The Morgan fingerprint density at radius 3 is 3.05 bits per heavy atom. The van der Waals surface area contributed by atoms with E-state index in [1.807, 2.05) is 0 Å². The van der Waals surface area contributed by atoms with E-state index in [2.05, 4.69) is 17.2 Å². The second kappa shape index (κ2) is 6.16. The predicted octanol–water partition coefficient (Wildman–Crippen LogP) is 0.975. The molecule has 3 unspecified atom stereocenters. The van der Waals surface area contributed by atoms with Crippen LogP contribution >= 0.6 is 0 Å². The summed E-state index contributed by atoms with van der Waals surface area (Å²) in [6.45, 7) is 1.89. The van der Waals surface area contributed by atoms with Gasteiger partial charge >= 0.3 is 0 Å². The number of nitrogens with zero attached hydrogens (tertiary/aromatic N) is 1. The number of hydrogen-bond donors (Lipinski definition) is 3. The summed E-state index contributed by atoms with van der Waals surface area (Å²) in [6, 6.07) is -0.483. The van der Waals surface area contributed by atoms with Crippen molar-refractivity contribution in [3.05, 3.63) is 17.8 Å². The smallest absolute Gasteiger partial charge is 0.273 e. The number of oxazole rings is 1. The molecule has 6 heteroatoms. The van der Waals surface area contributed by atoms with Crippen LogP contribution in [0, 0.1) is 5.92 Å². The Kier molecular flexibility index (Phi) is 4.55. The van der Waals surface area contributed by atoms with E-state index < -0.39 is 6.04 Å². The molecule has 2 rings (SSSR count). The molecule has 1 heterocycles. The minimum absolute atomic E-state index is 0.185. The highest BCUT2D eigenvalue weighted by atomic mass is 16.3. The SMILES string of the molecule is CC1CCCCC1NC(=O)c1coc(C(N)CO)n1. The molecule has 3 atom stereocenters. The van der Waals surface area contributed by atoms with Gasteiger partial charge in [0.1, 0.15) is 12.3 Å². The van der Waals surface area contributed by atoms with Gasteiger partial charge in [-0.05, 0) is 18.8 Å². The highest BCUT2D eigenvalue weighted by molar-refractivity contribution is 5.92. The van der Waals surface area contributed by atoms with Crippen LogP contribution in [0.1, 0.15) is 55.0 Å². The van der Waals surface area contributed by atoms with E-state index in [0.29, 0.717) is 5.92 Å². The molecule has 6 nitrogen and oxygen atoms in total. The number of aliphatic hydroxyl groups excluding tert-OH is 1. The van der Waals surface area contributed by atoms with Crippen LogP contribution in [0.4, 0.5) is 0 Å². The van der Waals surface area contributed by atoms with Gasteiger partial charge in [0, 0.05) is 6.04 Å².